The number of benzene rings is 1. The summed E-state index contributed by atoms with van der Waals surface area (Å²) >= 11 is 7.07. The van der Waals surface area contributed by atoms with E-state index in [0.717, 1.165) is 5.69 Å². The number of aromatic nitrogens is 2. The molecule has 0 saturated heterocycles. The summed E-state index contributed by atoms with van der Waals surface area (Å²) in [7, 11) is 0. The zero-order chi connectivity index (χ0) is 13.1. The van der Waals surface area contributed by atoms with Crippen LogP contribution in [0.15, 0.2) is 40.5 Å². The highest BCUT2D eigenvalue weighted by molar-refractivity contribution is 7.99. The molecule has 1 heterocycles. The molecule has 0 unspecified atom stereocenters. The maximum absolute atomic E-state index is 11.2. The van der Waals surface area contributed by atoms with Gasteiger partial charge in [0.05, 0.1) is 10.6 Å². The first-order valence-corrected chi connectivity index (χ1v) is 6.26. The lowest BCUT2D eigenvalue weighted by molar-refractivity contribution is 0.0693. The Kier molecular flexibility index (Phi) is 3.84. The van der Waals surface area contributed by atoms with Gasteiger partial charge in [-0.15, -0.1) is 0 Å². The van der Waals surface area contributed by atoms with Gasteiger partial charge in [-0.25, -0.2) is 14.8 Å². The van der Waals surface area contributed by atoms with Gasteiger partial charge in [-0.1, -0.05) is 17.7 Å². The summed E-state index contributed by atoms with van der Waals surface area (Å²) in [5.41, 5.74) is 0.903. The molecule has 0 aliphatic rings. The largest absolute Gasteiger partial charge is 0.478 e. The summed E-state index contributed by atoms with van der Waals surface area (Å²) in [6.45, 7) is 1.85. The van der Waals surface area contributed by atoms with Crippen LogP contribution in [-0.2, 0) is 0 Å². The van der Waals surface area contributed by atoms with Gasteiger partial charge in [0.1, 0.15) is 0 Å². The van der Waals surface area contributed by atoms with Crippen LogP contribution >= 0.6 is 23.4 Å². The number of hydrogen-bond acceptors (Lipinski definition) is 4. The van der Waals surface area contributed by atoms with Gasteiger partial charge >= 0.3 is 5.97 Å². The molecule has 0 fully saturated rings. The van der Waals surface area contributed by atoms with E-state index in [2.05, 4.69) is 9.97 Å². The molecule has 1 aromatic heterocycles. The SMILES string of the molecule is Cc1ccnc(Sc2cccc(Cl)c2C(=O)O)n1. The highest BCUT2D eigenvalue weighted by Crippen LogP contribution is 2.31. The Balaban J connectivity index is 2.40. The van der Waals surface area contributed by atoms with Crippen LogP contribution in [0.1, 0.15) is 16.1 Å². The van der Waals surface area contributed by atoms with Gasteiger partial charge in [0, 0.05) is 16.8 Å². The highest BCUT2D eigenvalue weighted by Gasteiger charge is 2.16. The van der Waals surface area contributed by atoms with E-state index < -0.39 is 5.97 Å². The van der Waals surface area contributed by atoms with Crippen LogP contribution in [0.4, 0.5) is 0 Å². The number of rotatable bonds is 3. The third-order valence-corrected chi connectivity index (χ3v) is 3.42. The Morgan fingerprint density at radius 1 is 1.39 bits per heavy atom. The fourth-order valence-corrected chi connectivity index (χ4v) is 2.63. The number of aromatic carboxylic acids is 1. The predicted molar refractivity (Wildman–Crippen MR) is 69.3 cm³/mol. The Hall–Kier alpha value is -1.59. The van der Waals surface area contributed by atoms with Crippen molar-refractivity contribution in [3.63, 3.8) is 0 Å². The van der Waals surface area contributed by atoms with E-state index in [0.29, 0.717) is 10.1 Å². The van der Waals surface area contributed by atoms with Crippen molar-refractivity contribution in [3.8, 4) is 0 Å². The third kappa shape index (κ3) is 2.80. The first-order chi connectivity index (χ1) is 8.58. The van der Waals surface area contributed by atoms with Crippen LogP contribution in [-0.4, -0.2) is 21.0 Å². The first kappa shape index (κ1) is 12.9. The maximum Gasteiger partial charge on any atom is 0.338 e. The van der Waals surface area contributed by atoms with Gasteiger partial charge in [0.2, 0.25) is 0 Å². The van der Waals surface area contributed by atoms with Crippen LogP contribution in [0.3, 0.4) is 0 Å². The lowest BCUT2D eigenvalue weighted by Crippen LogP contribution is -2.00. The second kappa shape index (κ2) is 5.37. The molecule has 0 atom stereocenters. The smallest absolute Gasteiger partial charge is 0.338 e. The molecule has 0 aliphatic carbocycles. The Morgan fingerprint density at radius 3 is 2.83 bits per heavy atom. The molecule has 2 rings (SSSR count). The minimum atomic E-state index is -1.06. The van der Waals surface area contributed by atoms with Crippen molar-refractivity contribution < 1.29 is 9.90 Å². The van der Waals surface area contributed by atoms with Gasteiger partial charge in [0.25, 0.3) is 0 Å². The maximum atomic E-state index is 11.2. The average Bonchev–Trinajstić information content (AvgIpc) is 2.28. The highest BCUT2D eigenvalue weighted by atomic mass is 35.5. The molecule has 1 aromatic carbocycles. The number of aryl methyl sites for hydroxylation is 1. The fraction of sp³-hybridized carbons (Fsp3) is 0.0833. The number of hydrogen-bond donors (Lipinski definition) is 1. The van der Waals surface area contributed by atoms with Crippen molar-refractivity contribution in [2.45, 2.75) is 17.0 Å². The summed E-state index contributed by atoms with van der Waals surface area (Å²) in [6.07, 6.45) is 1.63. The van der Waals surface area contributed by atoms with Crippen molar-refractivity contribution in [1.29, 1.82) is 0 Å². The standard InChI is InChI=1S/C12H9ClN2O2S/c1-7-5-6-14-12(15-7)18-9-4-2-3-8(13)10(9)11(16)17/h2-6H,1H3,(H,16,17). The zero-order valence-electron chi connectivity index (χ0n) is 9.42. The number of halogens is 1. The quantitative estimate of drug-likeness (QED) is 0.874. The van der Waals surface area contributed by atoms with Crippen LogP contribution < -0.4 is 0 Å². The minimum Gasteiger partial charge on any atom is -0.478 e. The van der Waals surface area contributed by atoms with Crippen LogP contribution in [0.2, 0.25) is 5.02 Å². The topological polar surface area (TPSA) is 63.1 Å². The van der Waals surface area contributed by atoms with Crippen molar-refractivity contribution >= 4 is 29.3 Å². The molecule has 0 amide bonds. The molecule has 0 radical (unpaired) electrons. The van der Waals surface area contributed by atoms with Gasteiger partial charge < -0.3 is 5.11 Å². The first-order valence-electron chi connectivity index (χ1n) is 5.07. The monoisotopic (exact) mass is 280 g/mol. The van der Waals surface area contributed by atoms with E-state index in [1.807, 2.05) is 6.92 Å². The van der Waals surface area contributed by atoms with Crippen LogP contribution in [0.25, 0.3) is 0 Å². The van der Waals surface area contributed by atoms with E-state index in [1.54, 1.807) is 30.5 Å². The van der Waals surface area contributed by atoms with Gasteiger partial charge in [-0.2, -0.15) is 0 Å². The average molecular weight is 281 g/mol. The normalized spacial score (nSPS) is 10.3. The van der Waals surface area contributed by atoms with Gasteiger partial charge in [-0.3, -0.25) is 0 Å². The molecule has 0 aliphatic heterocycles. The summed E-state index contributed by atoms with van der Waals surface area (Å²) < 4.78 is 0. The molecule has 0 spiro atoms. The fourth-order valence-electron chi connectivity index (χ4n) is 1.37. The molecule has 92 valence electrons. The Morgan fingerprint density at radius 2 is 2.17 bits per heavy atom. The van der Waals surface area contributed by atoms with Crippen molar-refractivity contribution in [2.75, 3.05) is 0 Å². The summed E-state index contributed by atoms with van der Waals surface area (Å²) in [5.74, 6) is -1.06. The summed E-state index contributed by atoms with van der Waals surface area (Å²) in [5, 5.41) is 9.85. The van der Waals surface area contributed by atoms with E-state index >= 15 is 0 Å². The zero-order valence-corrected chi connectivity index (χ0v) is 11.0. The molecule has 4 nitrogen and oxygen atoms in total. The van der Waals surface area contributed by atoms with E-state index in [4.69, 9.17) is 16.7 Å². The number of carbonyl (C=O) groups is 1. The molecule has 6 heteroatoms. The van der Waals surface area contributed by atoms with Crippen molar-refractivity contribution in [2.24, 2.45) is 0 Å². The number of nitrogens with zero attached hydrogens (tertiary/aromatic N) is 2. The Bertz CT molecular complexity index is 604. The lowest BCUT2D eigenvalue weighted by Gasteiger charge is -2.06. The van der Waals surface area contributed by atoms with Crippen LogP contribution in [0.5, 0.6) is 0 Å². The predicted octanol–water partition coefficient (Wildman–Crippen LogP) is 3.29. The molecule has 0 bridgehead atoms. The molecule has 0 saturated carbocycles. The summed E-state index contributed by atoms with van der Waals surface area (Å²) in [4.78, 5) is 20.0. The second-order valence-electron chi connectivity index (χ2n) is 3.50. The molecular formula is C12H9ClN2O2S. The van der Waals surface area contributed by atoms with E-state index in [-0.39, 0.29) is 10.6 Å². The lowest BCUT2D eigenvalue weighted by atomic mass is 10.2. The minimum absolute atomic E-state index is 0.0780. The molecular weight excluding hydrogens is 272 g/mol. The summed E-state index contributed by atoms with van der Waals surface area (Å²) in [6, 6.07) is 6.71. The van der Waals surface area contributed by atoms with Gasteiger partial charge in [0.15, 0.2) is 5.16 Å². The van der Waals surface area contributed by atoms with Crippen LogP contribution in [0, 0.1) is 6.92 Å². The van der Waals surface area contributed by atoms with Gasteiger partial charge in [-0.05, 0) is 36.9 Å². The number of carboxylic acid groups (broad SMARTS) is 1. The molecule has 18 heavy (non-hydrogen) atoms. The van der Waals surface area contributed by atoms with E-state index in [1.165, 1.54) is 11.8 Å². The third-order valence-electron chi connectivity index (χ3n) is 2.16. The second-order valence-corrected chi connectivity index (χ2v) is 4.92. The van der Waals surface area contributed by atoms with E-state index in [9.17, 15) is 4.79 Å². The molecule has 2 aromatic rings. The Labute approximate surface area is 113 Å². The van der Waals surface area contributed by atoms with Crippen molar-refractivity contribution in [3.05, 3.63) is 46.7 Å². The molecule has 1 N–H and O–H groups in total. The van der Waals surface area contributed by atoms with Crippen molar-refractivity contribution in [1.82, 2.24) is 9.97 Å². The number of carboxylic acids is 1.